The summed E-state index contributed by atoms with van der Waals surface area (Å²) in [5, 5.41) is 0.529. The maximum atomic E-state index is 6.21. The van der Waals surface area contributed by atoms with Crippen LogP contribution in [0.5, 0.6) is 0 Å². The molecule has 2 heterocycles. The van der Waals surface area contributed by atoms with Crippen molar-refractivity contribution in [3.63, 3.8) is 0 Å². The van der Waals surface area contributed by atoms with Crippen LogP contribution in [0.3, 0.4) is 0 Å². The first-order chi connectivity index (χ1) is 9.45. The number of nitrogens with zero attached hydrogens (tertiary/aromatic N) is 3. The lowest BCUT2D eigenvalue weighted by Crippen LogP contribution is -2.49. The minimum Gasteiger partial charge on any atom is -0.374 e. The van der Waals surface area contributed by atoms with Gasteiger partial charge in [0.25, 0.3) is 0 Å². The second-order valence-corrected chi connectivity index (χ2v) is 7.11. The van der Waals surface area contributed by atoms with Crippen LogP contribution in [-0.4, -0.2) is 35.3 Å². The molecule has 1 saturated carbocycles. The van der Waals surface area contributed by atoms with Gasteiger partial charge in [-0.3, -0.25) is 0 Å². The van der Waals surface area contributed by atoms with Crippen molar-refractivity contribution in [1.29, 1.82) is 0 Å². The summed E-state index contributed by atoms with van der Waals surface area (Å²) in [5.41, 5.74) is -0.0962. The molecule has 1 aromatic rings. The Balaban J connectivity index is 1.95. The van der Waals surface area contributed by atoms with E-state index in [0.29, 0.717) is 17.3 Å². The largest absolute Gasteiger partial charge is 0.374 e. The van der Waals surface area contributed by atoms with E-state index >= 15 is 0 Å². The van der Waals surface area contributed by atoms with Crippen LogP contribution in [0.15, 0.2) is 6.07 Å². The minimum absolute atomic E-state index is 0.0962. The summed E-state index contributed by atoms with van der Waals surface area (Å²) in [4.78, 5) is 11.5. The molecule has 1 aromatic heterocycles. The average Bonchev–Trinajstić information content (AvgIpc) is 2.84. The van der Waals surface area contributed by atoms with Crippen molar-refractivity contribution < 1.29 is 4.74 Å². The van der Waals surface area contributed by atoms with Crippen molar-refractivity contribution in [1.82, 2.24) is 9.97 Å². The molecule has 2 unspecified atom stereocenters. The summed E-state index contributed by atoms with van der Waals surface area (Å²) in [6, 6.07) is 2.33. The van der Waals surface area contributed by atoms with E-state index in [1.165, 1.54) is 12.8 Å². The molecule has 2 fully saturated rings. The molecule has 0 spiro atoms. The quantitative estimate of drug-likeness (QED) is 0.746. The summed E-state index contributed by atoms with van der Waals surface area (Å²) in [5.74, 6) is 1.76. The Morgan fingerprint density at radius 2 is 2.10 bits per heavy atom. The highest BCUT2D eigenvalue weighted by molar-refractivity contribution is 6.29. The maximum Gasteiger partial charge on any atom is 0.137 e. The number of anilines is 1. The molecule has 0 bridgehead atoms. The topological polar surface area (TPSA) is 38.2 Å². The van der Waals surface area contributed by atoms with E-state index in [-0.39, 0.29) is 5.41 Å². The molecular formula is C15H22ClN3O. The monoisotopic (exact) mass is 295 g/mol. The number of aromatic nitrogens is 2. The Morgan fingerprint density at radius 1 is 1.30 bits per heavy atom. The fraction of sp³-hybridized carbons (Fsp3) is 0.733. The van der Waals surface area contributed by atoms with E-state index in [4.69, 9.17) is 21.3 Å². The van der Waals surface area contributed by atoms with Gasteiger partial charge in [0, 0.05) is 18.0 Å². The van der Waals surface area contributed by atoms with Crippen molar-refractivity contribution >= 4 is 17.4 Å². The summed E-state index contributed by atoms with van der Waals surface area (Å²) in [7, 11) is 0. The van der Waals surface area contributed by atoms with Crippen LogP contribution in [0.25, 0.3) is 0 Å². The normalized spacial score (nSPS) is 26.7. The number of halogens is 1. The second kappa shape index (κ2) is 5.15. The summed E-state index contributed by atoms with van der Waals surface area (Å²) >= 11 is 6.21. The molecule has 20 heavy (non-hydrogen) atoms. The van der Waals surface area contributed by atoms with E-state index in [2.05, 4.69) is 30.7 Å². The Kier molecular flexibility index (Phi) is 3.63. The number of ether oxygens (including phenoxy) is 1. The van der Waals surface area contributed by atoms with Gasteiger partial charge in [0.1, 0.15) is 16.8 Å². The van der Waals surface area contributed by atoms with Crippen LogP contribution in [0.2, 0.25) is 5.15 Å². The predicted octanol–water partition coefficient (Wildman–Crippen LogP) is 3.19. The molecule has 0 N–H and O–H groups in total. The second-order valence-electron chi connectivity index (χ2n) is 6.72. The van der Waals surface area contributed by atoms with E-state index in [1.54, 1.807) is 0 Å². The Morgan fingerprint density at radius 3 is 2.85 bits per heavy atom. The third-order valence-electron chi connectivity index (χ3n) is 4.13. The lowest BCUT2D eigenvalue weighted by molar-refractivity contribution is 0.0253. The molecule has 2 aliphatic rings. The molecule has 0 amide bonds. The van der Waals surface area contributed by atoms with Crippen LogP contribution in [-0.2, 0) is 10.2 Å². The molecule has 3 rings (SSSR count). The van der Waals surface area contributed by atoms with Crippen molar-refractivity contribution in [2.24, 2.45) is 0 Å². The third kappa shape index (κ3) is 2.63. The lowest BCUT2D eigenvalue weighted by atomic mass is 9.96. The van der Waals surface area contributed by atoms with Crippen LogP contribution < -0.4 is 4.90 Å². The zero-order valence-corrected chi connectivity index (χ0v) is 13.2. The van der Waals surface area contributed by atoms with Crippen LogP contribution >= 0.6 is 11.6 Å². The van der Waals surface area contributed by atoms with Gasteiger partial charge in [-0.2, -0.15) is 0 Å². The van der Waals surface area contributed by atoms with Gasteiger partial charge in [-0.25, -0.2) is 9.97 Å². The number of morpholine rings is 1. The first kappa shape index (κ1) is 14.1. The highest BCUT2D eigenvalue weighted by atomic mass is 35.5. The van der Waals surface area contributed by atoms with Crippen molar-refractivity contribution in [2.75, 3.05) is 18.1 Å². The van der Waals surface area contributed by atoms with Gasteiger partial charge in [-0.1, -0.05) is 32.4 Å². The maximum absolute atomic E-state index is 6.21. The Hall–Kier alpha value is -0.870. The van der Waals surface area contributed by atoms with Gasteiger partial charge in [0.15, 0.2) is 0 Å². The molecule has 0 aromatic carbocycles. The van der Waals surface area contributed by atoms with Crippen molar-refractivity contribution in [3.05, 3.63) is 17.0 Å². The van der Waals surface area contributed by atoms with Gasteiger partial charge in [-0.05, 0) is 19.3 Å². The van der Waals surface area contributed by atoms with Crippen LogP contribution in [0.1, 0.15) is 45.9 Å². The fourth-order valence-corrected chi connectivity index (χ4v) is 3.28. The van der Waals surface area contributed by atoms with Crippen molar-refractivity contribution in [3.8, 4) is 0 Å². The van der Waals surface area contributed by atoms with E-state index in [1.807, 2.05) is 6.07 Å². The third-order valence-corrected chi connectivity index (χ3v) is 4.32. The van der Waals surface area contributed by atoms with Crippen LogP contribution in [0, 0.1) is 0 Å². The first-order valence-electron chi connectivity index (χ1n) is 7.38. The molecule has 0 radical (unpaired) electrons. The molecule has 1 saturated heterocycles. The summed E-state index contributed by atoms with van der Waals surface area (Å²) in [6.45, 7) is 7.99. The first-order valence-corrected chi connectivity index (χ1v) is 7.76. The number of rotatable bonds is 1. The van der Waals surface area contributed by atoms with Crippen molar-refractivity contribution in [2.45, 2.75) is 57.6 Å². The molecule has 1 aliphatic carbocycles. The predicted molar refractivity (Wildman–Crippen MR) is 80.5 cm³/mol. The SMILES string of the molecule is CC(C)(C)c1nc(Cl)cc(N2CCOC3CCCC32)n1. The minimum atomic E-state index is -0.0962. The Bertz CT molecular complexity index is 500. The van der Waals surface area contributed by atoms with Gasteiger partial charge in [0.05, 0.1) is 18.8 Å². The van der Waals surface area contributed by atoms with E-state index in [0.717, 1.165) is 31.2 Å². The molecular weight excluding hydrogens is 274 g/mol. The zero-order valence-electron chi connectivity index (χ0n) is 12.4. The van der Waals surface area contributed by atoms with Gasteiger partial charge < -0.3 is 9.64 Å². The Labute approximate surface area is 125 Å². The summed E-state index contributed by atoms with van der Waals surface area (Å²) < 4.78 is 5.86. The van der Waals surface area contributed by atoms with E-state index in [9.17, 15) is 0 Å². The number of hydrogen-bond acceptors (Lipinski definition) is 4. The molecule has 2 atom stereocenters. The van der Waals surface area contributed by atoms with Crippen LogP contribution in [0.4, 0.5) is 5.82 Å². The highest BCUT2D eigenvalue weighted by Crippen LogP contribution is 2.33. The molecule has 5 heteroatoms. The standard InChI is InChI=1S/C15H22ClN3O/c1-15(2,3)14-17-12(16)9-13(18-14)19-7-8-20-11-6-4-5-10(11)19/h9-11H,4-8H2,1-3H3. The smallest absolute Gasteiger partial charge is 0.137 e. The highest BCUT2D eigenvalue weighted by Gasteiger charge is 2.37. The molecule has 1 aliphatic heterocycles. The summed E-state index contributed by atoms with van der Waals surface area (Å²) in [6.07, 6.45) is 3.93. The average molecular weight is 296 g/mol. The van der Waals surface area contributed by atoms with E-state index < -0.39 is 0 Å². The molecule has 4 nitrogen and oxygen atoms in total. The fourth-order valence-electron chi connectivity index (χ4n) is 3.10. The number of hydrogen-bond donors (Lipinski definition) is 0. The van der Waals surface area contributed by atoms with Gasteiger partial charge >= 0.3 is 0 Å². The lowest BCUT2D eigenvalue weighted by Gasteiger charge is -2.38. The molecule has 110 valence electrons. The number of fused-ring (bicyclic) bond motifs is 1. The van der Waals surface area contributed by atoms with Gasteiger partial charge in [0.2, 0.25) is 0 Å². The van der Waals surface area contributed by atoms with Gasteiger partial charge in [-0.15, -0.1) is 0 Å². The zero-order chi connectivity index (χ0) is 14.3.